The van der Waals surface area contributed by atoms with Crippen molar-refractivity contribution in [1.82, 2.24) is 10.6 Å². The molecule has 0 radical (unpaired) electrons. The number of nitro groups is 1. The van der Waals surface area contributed by atoms with Crippen molar-refractivity contribution in [3.63, 3.8) is 0 Å². The first-order chi connectivity index (χ1) is 11.2. The van der Waals surface area contributed by atoms with Crippen LogP contribution < -0.4 is 10.6 Å². The summed E-state index contributed by atoms with van der Waals surface area (Å²) in [7, 11) is 0. The summed E-state index contributed by atoms with van der Waals surface area (Å²) < 4.78 is 0. The van der Waals surface area contributed by atoms with E-state index in [0.29, 0.717) is 13.1 Å². The molecule has 0 aromatic heterocycles. The van der Waals surface area contributed by atoms with E-state index in [2.05, 4.69) is 10.6 Å². The fraction of sp³-hybridized carbons (Fsp3) is 0.118. The molecular formula is C17H16N4O2. The Labute approximate surface area is 134 Å². The summed E-state index contributed by atoms with van der Waals surface area (Å²) in [4.78, 5) is 10.4. The zero-order valence-corrected chi connectivity index (χ0v) is 12.4. The van der Waals surface area contributed by atoms with E-state index in [-0.39, 0.29) is 5.82 Å². The van der Waals surface area contributed by atoms with Crippen LogP contribution in [0, 0.1) is 21.4 Å². The van der Waals surface area contributed by atoms with Gasteiger partial charge in [-0.3, -0.25) is 10.1 Å². The van der Waals surface area contributed by atoms with Gasteiger partial charge in [0.25, 0.3) is 0 Å². The lowest BCUT2D eigenvalue weighted by Gasteiger charge is -2.12. The summed E-state index contributed by atoms with van der Waals surface area (Å²) in [5, 5.41) is 26.0. The minimum Gasteiger partial charge on any atom is -0.361 e. The van der Waals surface area contributed by atoms with Gasteiger partial charge in [-0.25, -0.2) is 0 Å². The third-order valence-electron chi connectivity index (χ3n) is 3.15. The maximum Gasteiger partial charge on any atom is 0.385 e. The predicted molar refractivity (Wildman–Crippen MR) is 86.2 cm³/mol. The lowest BCUT2D eigenvalue weighted by atomic mass is 10.2. The lowest BCUT2D eigenvalue weighted by Crippen LogP contribution is -2.29. The Morgan fingerprint density at radius 2 is 1.39 bits per heavy atom. The zero-order chi connectivity index (χ0) is 16.5. The average molecular weight is 308 g/mol. The van der Waals surface area contributed by atoms with Gasteiger partial charge in [0.15, 0.2) is 11.9 Å². The van der Waals surface area contributed by atoms with E-state index in [1.54, 1.807) is 6.07 Å². The Kier molecular flexibility index (Phi) is 5.72. The summed E-state index contributed by atoms with van der Waals surface area (Å²) in [6.45, 7) is 0.772. The van der Waals surface area contributed by atoms with E-state index in [1.807, 2.05) is 60.7 Å². The maximum absolute atomic E-state index is 11.0. The molecule has 2 aromatic rings. The van der Waals surface area contributed by atoms with Crippen molar-refractivity contribution in [2.24, 2.45) is 0 Å². The Bertz CT molecular complexity index is 676. The second kappa shape index (κ2) is 8.20. The van der Waals surface area contributed by atoms with Crippen LogP contribution in [0.4, 0.5) is 0 Å². The fourth-order valence-corrected chi connectivity index (χ4v) is 1.99. The third-order valence-corrected chi connectivity index (χ3v) is 3.15. The van der Waals surface area contributed by atoms with E-state index >= 15 is 0 Å². The largest absolute Gasteiger partial charge is 0.385 e. The molecule has 0 fully saturated rings. The number of allylic oxidation sites excluding steroid dienone is 1. The van der Waals surface area contributed by atoms with Crippen LogP contribution in [0.5, 0.6) is 0 Å². The molecule has 0 amide bonds. The number of nitriles is 1. The van der Waals surface area contributed by atoms with Gasteiger partial charge in [0.2, 0.25) is 0 Å². The molecule has 0 aliphatic heterocycles. The van der Waals surface area contributed by atoms with Crippen LogP contribution in [0.1, 0.15) is 11.1 Å². The molecule has 0 heterocycles. The van der Waals surface area contributed by atoms with Crippen molar-refractivity contribution in [3.8, 4) is 6.07 Å². The van der Waals surface area contributed by atoms with E-state index in [4.69, 9.17) is 5.26 Å². The lowest BCUT2D eigenvalue weighted by molar-refractivity contribution is -0.419. The van der Waals surface area contributed by atoms with Gasteiger partial charge in [-0.05, 0) is 11.1 Å². The van der Waals surface area contributed by atoms with Crippen LogP contribution in [0.15, 0.2) is 72.2 Å². The zero-order valence-electron chi connectivity index (χ0n) is 12.4. The molecule has 2 rings (SSSR count). The Balaban J connectivity index is 2.12. The minimum atomic E-state index is -0.689. The monoisotopic (exact) mass is 308 g/mol. The van der Waals surface area contributed by atoms with Crippen molar-refractivity contribution in [3.05, 3.63) is 93.4 Å². The molecule has 23 heavy (non-hydrogen) atoms. The molecule has 0 saturated carbocycles. The molecule has 2 N–H and O–H groups in total. The molecule has 6 nitrogen and oxygen atoms in total. The molecule has 0 spiro atoms. The molecule has 0 aliphatic rings. The Morgan fingerprint density at radius 3 is 1.74 bits per heavy atom. The number of benzene rings is 2. The van der Waals surface area contributed by atoms with Crippen molar-refractivity contribution >= 4 is 0 Å². The van der Waals surface area contributed by atoms with Gasteiger partial charge in [0, 0.05) is 13.1 Å². The molecule has 116 valence electrons. The quantitative estimate of drug-likeness (QED) is 0.466. The summed E-state index contributed by atoms with van der Waals surface area (Å²) in [6, 6.07) is 20.6. The molecule has 0 saturated heterocycles. The van der Waals surface area contributed by atoms with Gasteiger partial charge in [-0.1, -0.05) is 60.7 Å². The van der Waals surface area contributed by atoms with Crippen LogP contribution in [0.2, 0.25) is 0 Å². The molecule has 6 heteroatoms. The summed E-state index contributed by atoms with van der Waals surface area (Å²) in [6.07, 6.45) is 0. The first kappa shape index (κ1) is 16.0. The highest BCUT2D eigenvalue weighted by Crippen LogP contribution is 2.05. The van der Waals surface area contributed by atoms with Gasteiger partial charge in [0.1, 0.15) is 0 Å². The third kappa shape index (κ3) is 4.86. The van der Waals surface area contributed by atoms with E-state index < -0.39 is 10.6 Å². The summed E-state index contributed by atoms with van der Waals surface area (Å²) >= 11 is 0. The van der Waals surface area contributed by atoms with Crippen LogP contribution in [-0.2, 0) is 13.1 Å². The highest BCUT2D eigenvalue weighted by Gasteiger charge is 2.18. The number of rotatable bonds is 7. The predicted octanol–water partition coefficient (Wildman–Crippen LogP) is 2.54. The van der Waals surface area contributed by atoms with Gasteiger partial charge in [-0.2, -0.15) is 5.26 Å². The highest BCUT2D eigenvalue weighted by atomic mass is 16.6. The Morgan fingerprint density at radius 1 is 0.957 bits per heavy atom. The normalized spacial score (nSPS) is 9.52. The SMILES string of the molecule is N#CC(=C(NCc1ccccc1)NCc1ccccc1)[N+](=O)[O-]. The number of nitrogens with one attached hydrogen (secondary N) is 2. The summed E-state index contributed by atoms with van der Waals surface area (Å²) in [5.41, 5.74) is 1.40. The van der Waals surface area contributed by atoms with E-state index in [1.165, 1.54) is 0 Å². The van der Waals surface area contributed by atoms with Crippen LogP contribution in [0.3, 0.4) is 0 Å². The number of hydrogen-bond donors (Lipinski definition) is 2. The smallest absolute Gasteiger partial charge is 0.361 e. The van der Waals surface area contributed by atoms with Crippen molar-refractivity contribution in [2.45, 2.75) is 13.1 Å². The van der Waals surface area contributed by atoms with Gasteiger partial charge in [-0.15, -0.1) is 0 Å². The molecule has 0 atom stereocenters. The average Bonchev–Trinajstić information content (AvgIpc) is 2.59. The van der Waals surface area contributed by atoms with Gasteiger partial charge >= 0.3 is 5.70 Å². The first-order valence-electron chi connectivity index (χ1n) is 7.05. The van der Waals surface area contributed by atoms with Crippen molar-refractivity contribution < 1.29 is 4.92 Å². The number of nitrogens with zero attached hydrogens (tertiary/aromatic N) is 2. The second-order valence-electron chi connectivity index (χ2n) is 4.77. The van der Waals surface area contributed by atoms with Crippen molar-refractivity contribution in [1.29, 1.82) is 5.26 Å². The van der Waals surface area contributed by atoms with Crippen LogP contribution in [0.25, 0.3) is 0 Å². The topological polar surface area (TPSA) is 91.0 Å². The fourth-order valence-electron chi connectivity index (χ4n) is 1.99. The van der Waals surface area contributed by atoms with Gasteiger partial charge < -0.3 is 10.6 Å². The highest BCUT2D eigenvalue weighted by molar-refractivity contribution is 5.22. The Hall–Kier alpha value is -3.33. The molecule has 2 aromatic carbocycles. The molecule has 0 bridgehead atoms. The maximum atomic E-state index is 11.0. The molecule has 0 aliphatic carbocycles. The molecule has 0 unspecified atom stereocenters. The van der Waals surface area contributed by atoms with Crippen LogP contribution >= 0.6 is 0 Å². The van der Waals surface area contributed by atoms with Crippen LogP contribution in [-0.4, -0.2) is 4.92 Å². The first-order valence-corrected chi connectivity index (χ1v) is 7.05. The van der Waals surface area contributed by atoms with E-state index in [9.17, 15) is 10.1 Å². The summed E-state index contributed by atoms with van der Waals surface area (Å²) in [5.74, 6) is 0.116. The molecular weight excluding hydrogens is 292 g/mol. The van der Waals surface area contributed by atoms with E-state index in [0.717, 1.165) is 11.1 Å². The minimum absolute atomic E-state index is 0.116. The second-order valence-corrected chi connectivity index (χ2v) is 4.77. The number of hydrogen-bond acceptors (Lipinski definition) is 5. The standard InChI is InChI=1S/C17H16N4O2/c18-11-16(21(22)23)17(19-12-14-7-3-1-4-8-14)20-13-15-9-5-2-6-10-15/h1-10,19-20H,12-13H2. The van der Waals surface area contributed by atoms with Gasteiger partial charge in [0.05, 0.1) is 4.92 Å². The van der Waals surface area contributed by atoms with Crippen molar-refractivity contribution in [2.75, 3.05) is 0 Å².